The summed E-state index contributed by atoms with van der Waals surface area (Å²) >= 11 is 0. The lowest BCUT2D eigenvalue weighted by Crippen LogP contribution is -2.24. The molecule has 0 amide bonds. The number of halogens is 1. The number of nitrogens with one attached hydrogen (secondary N) is 2. The summed E-state index contributed by atoms with van der Waals surface area (Å²) in [5.41, 5.74) is 2.93. The third-order valence-electron chi connectivity index (χ3n) is 4.67. The molecule has 0 saturated heterocycles. The van der Waals surface area contributed by atoms with E-state index in [9.17, 15) is 4.39 Å². The fourth-order valence-corrected chi connectivity index (χ4v) is 3.12. The first-order valence-corrected chi connectivity index (χ1v) is 8.72. The van der Waals surface area contributed by atoms with Crippen LogP contribution in [0.15, 0.2) is 24.3 Å². The van der Waals surface area contributed by atoms with Crippen LogP contribution in [0.3, 0.4) is 0 Å². The van der Waals surface area contributed by atoms with Crippen LogP contribution in [0, 0.1) is 19.7 Å². The molecule has 24 heavy (non-hydrogen) atoms. The SMILES string of the molecule is Cc1nc(NCc2cccc(F)c2)nc(NC2CCCCC2)c1C. The van der Waals surface area contributed by atoms with Gasteiger partial charge in [-0.15, -0.1) is 0 Å². The smallest absolute Gasteiger partial charge is 0.225 e. The Kier molecular flexibility index (Phi) is 5.28. The first-order chi connectivity index (χ1) is 11.6. The van der Waals surface area contributed by atoms with Gasteiger partial charge >= 0.3 is 0 Å². The Morgan fingerprint density at radius 2 is 1.92 bits per heavy atom. The van der Waals surface area contributed by atoms with Crippen LogP contribution in [0.5, 0.6) is 0 Å². The van der Waals surface area contributed by atoms with Crippen molar-refractivity contribution in [2.45, 2.75) is 58.5 Å². The molecule has 3 rings (SSSR count). The van der Waals surface area contributed by atoms with Gasteiger partial charge in [-0.2, -0.15) is 4.98 Å². The van der Waals surface area contributed by atoms with E-state index in [1.54, 1.807) is 6.07 Å². The molecule has 1 aliphatic carbocycles. The molecule has 0 spiro atoms. The zero-order valence-electron chi connectivity index (χ0n) is 14.4. The molecule has 128 valence electrons. The average Bonchev–Trinajstić information content (AvgIpc) is 2.58. The number of rotatable bonds is 5. The molecule has 5 heteroatoms. The Labute approximate surface area is 142 Å². The zero-order valence-corrected chi connectivity index (χ0v) is 14.4. The maximum Gasteiger partial charge on any atom is 0.225 e. The zero-order chi connectivity index (χ0) is 16.9. The largest absolute Gasteiger partial charge is 0.367 e. The van der Waals surface area contributed by atoms with Gasteiger partial charge in [-0.3, -0.25) is 0 Å². The third kappa shape index (κ3) is 4.22. The molecule has 1 heterocycles. The molecule has 4 nitrogen and oxygen atoms in total. The van der Waals surface area contributed by atoms with E-state index in [4.69, 9.17) is 0 Å². The highest BCUT2D eigenvalue weighted by molar-refractivity contribution is 5.50. The predicted molar refractivity (Wildman–Crippen MR) is 95.7 cm³/mol. The van der Waals surface area contributed by atoms with Crippen LogP contribution in [0.2, 0.25) is 0 Å². The lowest BCUT2D eigenvalue weighted by atomic mass is 9.95. The van der Waals surface area contributed by atoms with Crippen molar-refractivity contribution in [3.63, 3.8) is 0 Å². The number of nitrogens with zero attached hydrogens (tertiary/aromatic N) is 2. The van der Waals surface area contributed by atoms with Crippen molar-refractivity contribution in [1.29, 1.82) is 0 Å². The Morgan fingerprint density at radius 1 is 1.12 bits per heavy atom. The van der Waals surface area contributed by atoms with Crippen LogP contribution in [-0.2, 0) is 6.54 Å². The van der Waals surface area contributed by atoms with Crippen LogP contribution >= 0.6 is 0 Å². The van der Waals surface area contributed by atoms with E-state index in [1.807, 2.05) is 13.0 Å². The van der Waals surface area contributed by atoms with Crippen molar-refractivity contribution < 1.29 is 4.39 Å². The second-order valence-electron chi connectivity index (χ2n) is 6.57. The molecular formula is C19H25FN4. The average molecular weight is 328 g/mol. The van der Waals surface area contributed by atoms with Gasteiger partial charge in [0.05, 0.1) is 0 Å². The maximum absolute atomic E-state index is 13.3. The van der Waals surface area contributed by atoms with Crippen LogP contribution in [0.1, 0.15) is 48.9 Å². The fourth-order valence-electron chi connectivity index (χ4n) is 3.12. The molecule has 0 unspecified atom stereocenters. The first kappa shape index (κ1) is 16.7. The number of aromatic nitrogens is 2. The highest BCUT2D eigenvalue weighted by Crippen LogP contribution is 2.24. The van der Waals surface area contributed by atoms with E-state index >= 15 is 0 Å². The molecule has 0 atom stereocenters. The molecule has 0 radical (unpaired) electrons. The summed E-state index contributed by atoms with van der Waals surface area (Å²) < 4.78 is 13.3. The van der Waals surface area contributed by atoms with Gasteiger partial charge in [0.2, 0.25) is 5.95 Å². The van der Waals surface area contributed by atoms with Gasteiger partial charge < -0.3 is 10.6 Å². The topological polar surface area (TPSA) is 49.8 Å². The van der Waals surface area contributed by atoms with Crippen LogP contribution in [0.4, 0.5) is 16.2 Å². The lowest BCUT2D eigenvalue weighted by Gasteiger charge is -2.24. The molecular weight excluding hydrogens is 303 g/mol. The Bertz CT molecular complexity index is 696. The van der Waals surface area contributed by atoms with Crippen molar-refractivity contribution in [2.75, 3.05) is 10.6 Å². The molecule has 1 fully saturated rings. The van der Waals surface area contributed by atoms with E-state index in [1.165, 1.54) is 44.2 Å². The summed E-state index contributed by atoms with van der Waals surface area (Å²) in [6.45, 7) is 4.55. The number of benzene rings is 1. The van der Waals surface area contributed by atoms with E-state index in [-0.39, 0.29) is 5.82 Å². The van der Waals surface area contributed by atoms with Gasteiger partial charge in [-0.25, -0.2) is 9.37 Å². The number of anilines is 2. The van der Waals surface area contributed by atoms with Crippen LogP contribution in [0.25, 0.3) is 0 Å². The van der Waals surface area contributed by atoms with Crippen molar-refractivity contribution in [3.05, 3.63) is 46.9 Å². The molecule has 0 aliphatic heterocycles. The van der Waals surface area contributed by atoms with Crippen molar-refractivity contribution in [3.8, 4) is 0 Å². The van der Waals surface area contributed by atoms with Gasteiger partial charge in [0.1, 0.15) is 11.6 Å². The maximum atomic E-state index is 13.3. The minimum absolute atomic E-state index is 0.227. The standard InChI is InChI=1S/C19H25FN4/c1-13-14(2)22-19(21-12-15-7-6-8-16(20)11-15)24-18(13)23-17-9-4-3-5-10-17/h6-8,11,17H,3-5,9-10,12H2,1-2H3,(H2,21,22,23,24). The van der Waals surface area contributed by atoms with E-state index in [2.05, 4.69) is 27.5 Å². The summed E-state index contributed by atoms with van der Waals surface area (Å²) in [4.78, 5) is 9.15. The van der Waals surface area contributed by atoms with Gasteiger partial charge in [0.25, 0.3) is 0 Å². The van der Waals surface area contributed by atoms with Crippen molar-refractivity contribution >= 4 is 11.8 Å². The molecule has 1 aromatic carbocycles. The first-order valence-electron chi connectivity index (χ1n) is 8.72. The Balaban J connectivity index is 1.71. The summed E-state index contributed by atoms with van der Waals surface area (Å²) in [6.07, 6.45) is 6.31. The summed E-state index contributed by atoms with van der Waals surface area (Å²) in [5, 5.41) is 6.79. The minimum atomic E-state index is -0.227. The van der Waals surface area contributed by atoms with Gasteiger partial charge in [0.15, 0.2) is 0 Å². The minimum Gasteiger partial charge on any atom is -0.367 e. The second-order valence-corrected chi connectivity index (χ2v) is 6.57. The van der Waals surface area contributed by atoms with E-state index < -0.39 is 0 Å². The monoisotopic (exact) mass is 328 g/mol. The highest BCUT2D eigenvalue weighted by Gasteiger charge is 2.16. The van der Waals surface area contributed by atoms with Gasteiger partial charge in [-0.1, -0.05) is 31.4 Å². The lowest BCUT2D eigenvalue weighted by molar-refractivity contribution is 0.461. The Hall–Kier alpha value is -2.17. The second kappa shape index (κ2) is 7.60. The van der Waals surface area contributed by atoms with E-state index in [0.29, 0.717) is 18.5 Å². The summed E-state index contributed by atoms with van der Waals surface area (Å²) in [7, 11) is 0. The van der Waals surface area contributed by atoms with Crippen molar-refractivity contribution in [1.82, 2.24) is 9.97 Å². The normalized spacial score (nSPS) is 15.3. The summed E-state index contributed by atoms with van der Waals surface area (Å²) in [5.74, 6) is 1.27. The van der Waals surface area contributed by atoms with Gasteiger partial charge in [0, 0.05) is 23.8 Å². The fraction of sp³-hybridized carbons (Fsp3) is 0.474. The summed E-state index contributed by atoms with van der Waals surface area (Å²) in [6, 6.07) is 7.07. The van der Waals surface area contributed by atoms with E-state index in [0.717, 1.165) is 22.6 Å². The van der Waals surface area contributed by atoms with Crippen molar-refractivity contribution in [2.24, 2.45) is 0 Å². The van der Waals surface area contributed by atoms with Crippen LogP contribution in [-0.4, -0.2) is 16.0 Å². The number of aryl methyl sites for hydroxylation is 1. The Morgan fingerprint density at radius 3 is 2.67 bits per heavy atom. The highest BCUT2D eigenvalue weighted by atomic mass is 19.1. The molecule has 0 bridgehead atoms. The predicted octanol–water partition coefficient (Wildman–Crippen LogP) is 4.59. The van der Waals surface area contributed by atoms with Gasteiger partial charge in [-0.05, 0) is 44.4 Å². The number of hydrogen-bond donors (Lipinski definition) is 2. The number of hydrogen-bond acceptors (Lipinski definition) is 4. The molecule has 1 saturated carbocycles. The third-order valence-corrected chi connectivity index (χ3v) is 4.67. The molecule has 2 N–H and O–H groups in total. The molecule has 2 aromatic rings. The quantitative estimate of drug-likeness (QED) is 0.843. The molecule has 1 aromatic heterocycles. The van der Waals surface area contributed by atoms with Crippen LogP contribution < -0.4 is 10.6 Å². The molecule has 1 aliphatic rings.